The third-order valence-electron chi connectivity index (χ3n) is 4.68. The van der Waals surface area contributed by atoms with E-state index in [0.717, 1.165) is 0 Å². The van der Waals surface area contributed by atoms with E-state index in [0.29, 0.717) is 0 Å². The molecule has 0 fully saturated rings. The maximum atomic E-state index is 12.8. The van der Waals surface area contributed by atoms with Gasteiger partial charge in [0.1, 0.15) is 24.2 Å². The van der Waals surface area contributed by atoms with Crippen molar-refractivity contribution in [1.82, 2.24) is 16.0 Å². The molecule has 0 bridgehead atoms. The van der Waals surface area contributed by atoms with Gasteiger partial charge in [-0.2, -0.15) is 0 Å². The third kappa shape index (κ3) is 12.9. The number of nitrogens with one attached hydrogen (secondary N) is 3. The van der Waals surface area contributed by atoms with Crippen LogP contribution in [0.3, 0.4) is 0 Å². The number of rotatable bonds is 17. The molecule has 0 saturated heterocycles. The summed E-state index contributed by atoms with van der Waals surface area (Å²) in [6.07, 6.45) is -4.18. The Balaban J connectivity index is 5.65. The Labute approximate surface area is 199 Å². The lowest BCUT2D eigenvalue weighted by Crippen LogP contribution is -2.58. The van der Waals surface area contributed by atoms with Crippen LogP contribution in [0, 0.1) is 0 Å². The molecule has 0 radical (unpaired) electrons. The Morgan fingerprint density at radius 3 is 1.40 bits per heavy atom. The Bertz CT molecular complexity index is 817. The van der Waals surface area contributed by atoms with Crippen molar-refractivity contribution in [3.8, 4) is 0 Å². The highest BCUT2D eigenvalue weighted by Crippen LogP contribution is 2.06. The van der Waals surface area contributed by atoms with E-state index < -0.39 is 97.5 Å². The molecule has 35 heavy (non-hydrogen) atoms. The van der Waals surface area contributed by atoms with Gasteiger partial charge in [-0.25, -0.2) is 4.79 Å². The number of hydrogen-bond acceptors (Lipinski definition) is 9. The van der Waals surface area contributed by atoms with Crippen LogP contribution in [0.15, 0.2) is 0 Å². The Hall–Kier alpha value is -3.79. The van der Waals surface area contributed by atoms with E-state index in [9.17, 15) is 43.8 Å². The lowest BCUT2D eigenvalue weighted by molar-refractivity contribution is -0.143. The maximum absolute atomic E-state index is 12.8. The maximum Gasteiger partial charge on any atom is 0.326 e. The second-order valence-corrected chi connectivity index (χ2v) is 7.66. The molecule has 5 atom stereocenters. The molecular weight excluding hydrogens is 474 g/mol. The molecule has 11 N–H and O–H groups in total. The number of primary amides is 1. The second-order valence-electron chi connectivity index (χ2n) is 7.66. The van der Waals surface area contributed by atoms with E-state index >= 15 is 0 Å². The zero-order chi connectivity index (χ0) is 27.3. The first-order valence-electron chi connectivity index (χ1n) is 10.4. The van der Waals surface area contributed by atoms with Crippen LogP contribution < -0.4 is 27.4 Å². The molecule has 0 spiro atoms. The molecule has 0 heterocycles. The smallest absolute Gasteiger partial charge is 0.326 e. The summed E-state index contributed by atoms with van der Waals surface area (Å²) in [5, 5.41) is 42.9. The molecule has 0 rings (SSSR count). The SMILES string of the molecule is CC(O)C(N)C(=O)NC(CCC(=O)O)C(=O)NC(CCC(=O)O)C(=O)NC(CCC(N)=O)C(=O)O. The minimum atomic E-state index is -1.59. The molecule has 0 aromatic rings. The minimum Gasteiger partial charge on any atom is -0.481 e. The van der Waals surface area contributed by atoms with E-state index in [1.54, 1.807) is 0 Å². The molecule has 0 aliphatic carbocycles. The number of aliphatic carboxylic acids is 3. The molecule has 198 valence electrons. The minimum absolute atomic E-state index is 0.371. The number of carbonyl (C=O) groups excluding carboxylic acids is 4. The molecular formula is C19H31N5O11. The van der Waals surface area contributed by atoms with Gasteiger partial charge in [0.15, 0.2) is 0 Å². The van der Waals surface area contributed by atoms with Gasteiger partial charge in [0.2, 0.25) is 23.6 Å². The molecule has 0 aromatic carbocycles. The Morgan fingerprint density at radius 1 is 0.686 bits per heavy atom. The normalized spacial score (nSPS) is 14.9. The topological polar surface area (TPSA) is 289 Å². The Morgan fingerprint density at radius 2 is 1.06 bits per heavy atom. The van der Waals surface area contributed by atoms with Crippen molar-refractivity contribution in [1.29, 1.82) is 0 Å². The summed E-state index contributed by atoms with van der Waals surface area (Å²) < 4.78 is 0. The van der Waals surface area contributed by atoms with Gasteiger partial charge in [0.25, 0.3) is 0 Å². The average molecular weight is 505 g/mol. The highest BCUT2D eigenvalue weighted by atomic mass is 16.4. The van der Waals surface area contributed by atoms with Crippen molar-refractivity contribution in [2.24, 2.45) is 11.5 Å². The summed E-state index contributed by atoms with van der Waals surface area (Å²) in [5.74, 6) is -8.15. The zero-order valence-corrected chi connectivity index (χ0v) is 18.9. The predicted octanol–water partition coefficient (Wildman–Crippen LogP) is -3.77. The quantitative estimate of drug-likeness (QED) is 0.0920. The van der Waals surface area contributed by atoms with Crippen LogP contribution in [0.4, 0.5) is 0 Å². The van der Waals surface area contributed by atoms with Crippen molar-refractivity contribution in [3.05, 3.63) is 0 Å². The fourth-order valence-electron chi connectivity index (χ4n) is 2.65. The number of carboxylic acid groups (broad SMARTS) is 3. The lowest BCUT2D eigenvalue weighted by Gasteiger charge is -2.25. The van der Waals surface area contributed by atoms with Crippen LogP contribution in [-0.2, 0) is 33.6 Å². The van der Waals surface area contributed by atoms with Gasteiger partial charge in [0.05, 0.1) is 6.10 Å². The zero-order valence-electron chi connectivity index (χ0n) is 18.9. The number of aliphatic hydroxyl groups excluding tert-OH is 1. The van der Waals surface area contributed by atoms with Crippen LogP contribution >= 0.6 is 0 Å². The number of amides is 4. The molecule has 0 aliphatic rings. The number of carbonyl (C=O) groups is 7. The van der Waals surface area contributed by atoms with E-state index in [1.165, 1.54) is 6.92 Å². The average Bonchev–Trinajstić information content (AvgIpc) is 2.74. The molecule has 16 heteroatoms. The van der Waals surface area contributed by atoms with E-state index in [-0.39, 0.29) is 12.8 Å². The number of aliphatic hydroxyl groups is 1. The van der Waals surface area contributed by atoms with Gasteiger partial charge in [-0.15, -0.1) is 0 Å². The summed E-state index contributed by atoms with van der Waals surface area (Å²) >= 11 is 0. The highest BCUT2D eigenvalue weighted by molar-refractivity contribution is 5.94. The third-order valence-corrected chi connectivity index (χ3v) is 4.68. The molecule has 5 unspecified atom stereocenters. The number of nitrogens with two attached hydrogens (primary N) is 2. The van der Waals surface area contributed by atoms with Gasteiger partial charge in [-0.3, -0.25) is 28.8 Å². The van der Waals surface area contributed by atoms with Gasteiger partial charge in [-0.05, 0) is 26.2 Å². The van der Waals surface area contributed by atoms with Crippen LogP contribution in [-0.4, -0.2) is 92.2 Å². The fraction of sp³-hybridized carbons (Fsp3) is 0.632. The summed E-state index contributed by atoms with van der Waals surface area (Å²) in [5.41, 5.74) is 10.5. The first kappa shape index (κ1) is 31.2. The summed E-state index contributed by atoms with van der Waals surface area (Å²) in [6, 6.07) is -6.16. The summed E-state index contributed by atoms with van der Waals surface area (Å²) in [7, 11) is 0. The fourth-order valence-corrected chi connectivity index (χ4v) is 2.65. The monoisotopic (exact) mass is 505 g/mol. The molecule has 0 aliphatic heterocycles. The molecule has 16 nitrogen and oxygen atoms in total. The van der Waals surface area contributed by atoms with E-state index in [1.807, 2.05) is 0 Å². The largest absolute Gasteiger partial charge is 0.481 e. The molecule has 4 amide bonds. The number of carboxylic acids is 3. The van der Waals surface area contributed by atoms with Crippen LogP contribution in [0.1, 0.15) is 45.4 Å². The van der Waals surface area contributed by atoms with Crippen LogP contribution in [0.25, 0.3) is 0 Å². The molecule has 0 aromatic heterocycles. The van der Waals surface area contributed by atoms with Gasteiger partial charge in [-0.1, -0.05) is 0 Å². The van der Waals surface area contributed by atoms with Crippen molar-refractivity contribution in [3.63, 3.8) is 0 Å². The standard InChI is InChI=1S/C19H31N5O11/c1-8(25)15(21)18(33)23-10(4-7-14(29)30)16(31)22-9(3-6-13(27)28)17(32)24-11(19(34)35)2-5-12(20)26/h8-11,15,25H,2-7,21H2,1H3,(H2,20,26)(H,22,31)(H,23,33)(H,24,32)(H,27,28)(H,29,30)(H,34,35). The predicted molar refractivity (Wildman–Crippen MR) is 115 cm³/mol. The number of hydrogen-bond donors (Lipinski definition) is 9. The lowest BCUT2D eigenvalue weighted by atomic mass is 10.1. The Kier molecular flexibility index (Phi) is 13.5. The van der Waals surface area contributed by atoms with Crippen molar-refractivity contribution in [2.75, 3.05) is 0 Å². The van der Waals surface area contributed by atoms with Gasteiger partial charge < -0.3 is 47.8 Å². The summed E-state index contributed by atoms with van der Waals surface area (Å²) in [4.78, 5) is 81.7. The van der Waals surface area contributed by atoms with E-state index in [2.05, 4.69) is 16.0 Å². The van der Waals surface area contributed by atoms with Crippen molar-refractivity contribution < 1.29 is 54.0 Å². The van der Waals surface area contributed by atoms with E-state index in [4.69, 9.17) is 21.7 Å². The highest BCUT2D eigenvalue weighted by Gasteiger charge is 2.31. The second kappa shape index (κ2) is 15.2. The van der Waals surface area contributed by atoms with Crippen molar-refractivity contribution >= 4 is 41.5 Å². The molecule has 0 saturated carbocycles. The first-order chi connectivity index (χ1) is 16.1. The van der Waals surface area contributed by atoms with Crippen LogP contribution in [0.2, 0.25) is 0 Å². The van der Waals surface area contributed by atoms with Gasteiger partial charge >= 0.3 is 17.9 Å². The van der Waals surface area contributed by atoms with Gasteiger partial charge in [0, 0.05) is 19.3 Å². The summed E-state index contributed by atoms with van der Waals surface area (Å²) in [6.45, 7) is 1.21. The van der Waals surface area contributed by atoms with Crippen LogP contribution in [0.5, 0.6) is 0 Å². The first-order valence-corrected chi connectivity index (χ1v) is 10.4. The van der Waals surface area contributed by atoms with Crippen molar-refractivity contribution in [2.45, 2.75) is 75.7 Å².